The Labute approximate surface area is 453 Å². The van der Waals surface area contributed by atoms with Gasteiger partial charge in [0, 0.05) is 12.8 Å². The summed E-state index contributed by atoms with van der Waals surface area (Å²) < 4.78 is 28.3. The van der Waals surface area contributed by atoms with Gasteiger partial charge in [0.05, 0.1) is 13.0 Å². The molecule has 1 aliphatic heterocycles. The number of hydrogen-bond donors (Lipinski definition) is 3. The smallest absolute Gasteiger partial charge is 0.335 e. The molecule has 1 heterocycles. The zero-order chi connectivity index (χ0) is 54.7. The van der Waals surface area contributed by atoms with Gasteiger partial charge in [-0.25, -0.2) is 4.79 Å². The second-order valence-corrected chi connectivity index (χ2v) is 19.5. The van der Waals surface area contributed by atoms with E-state index in [2.05, 4.69) is 99.8 Å². The number of carboxylic acid groups (broad SMARTS) is 1. The summed E-state index contributed by atoms with van der Waals surface area (Å²) in [7, 11) is 0. The minimum atomic E-state index is -1.92. The van der Waals surface area contributed by atoms with Gasteiger partial charge in [-0.1, -0.05) is 227 Å². The summed E-state index contributed by atoms with van der Waals surface area (Å²) in [6.45, 7) is 5.67. The molecule has 12 heteroatoms. The standard InChI is InChI=1S/C63H102O12/c1-4-7-10-13-16-19-22-25-27-28-30-33-36-39-42-45-48-51-57(66)74-61-59(68)58(67)60(62(69)70)75-63(61)72-53-54(73-56(65)50-47-44-41-38-35-31-24-21-18-15-12-9-6-3)52-71-55(64)49-46-43-40-37-34-32-29-26-23-20-17-14-11-8-5-2/h7-8,10-11,16-17,19-20,25-27,29,34,37,43,46,54,58-61,63,67-68H,4-6,9,12-15,18,21-24,28,30-33,35-36,38-42,44-45,47-53H2,1-3H3,(H,69,70)/b10-7-,11-8-,19-16-,20-17-,27-25-,29-26-,37-34-,46-43-. The highest BCUT2D eigenvalue weighted by Gasteiger charge is 2.50. The Kier molecular flexibility index (Phi) is 46.2. The highest BCUT2D eigenvalue weighted by Crippen LogP contribution is 2.26. The summed E-state index contributed by atoms with van der Waals surface area (Å²) in [5.74, 6) is -3.30. The fourth-order valence-corrected chi connectivity index (χ4v) is 8.28. The van der Waals surface area contributed by atoms with Crippen LogP contribution in [-0.2, 0) is 42.9 Å². The van der Waals surface area contributed by atoms with Gasteiger partial charge in [0.2, 0.25) is 0 Å². The van der Waals surface area contributed by atoms with Crippen LogP contribution in [0.25, 0.3) is 0 Å². The van der Waals surface area contributed by atoms with Crippen LogP contribution < -0.4 is 0 Å². The van der Waals surface area contributed by atoms with Crippen LogP contribution in [0.15, 0.2) is 97.2 Å². The van der Waals surface area contributed by atoms with E-state index in [-0.39, 0.29) is 25.9 Å². The highest BCUT2D eigenvalue weighted by atomic mass is 16.7. The van der Waals surface area contributed by atoms with Gasteiger partial charge in [-0.05, 0) is 77.0 Å². The number of allylic oxidation sites excluding steroid dienone is 15. The van der Waals surface area contributed by atoms with Crippen molar-refractivity contribution in [3.05, 3.63) is 97.2 Å². The van der Waals surface area contributed by atoms with Crippen LogP contribution in [0.1, 0.15) is 226 Å². The maximum Gasteiger partial charge on any atom is 0.335 e. The fourth-order valence-electron chi connectivity index (χ4n) is 8.28. The largest absolute Gasteiger partial charge is 0.479 e. The lowest BCUT2D eigenvalue weighted by atomic mass is 9.98. The molecule has 0 spiro atoms. The topological polar surface area (TPSA) is 175 Å². The average Bonchev–Trinajstić information content (AvgIpc) is 3.39. The first-order valence-electron chi connectivity index (χ1n) is 29.2. The Bertz CT molecular complexity index is 1670. The van der Waals surface area contributed by atoms with Crippen LogP contribution in [0.3, 0.4) is 0 Å². The first-order valence-corrected chi connectivity index (χ1v) is 29.2. The number of unbranched alkanes of at least 4 members (excludes halogenated alkanes) is 19. The average molecular weight is 1050 g/mol. The predicted molar refractivity (Wildman–Crippen MR) is 303 cm³/mol. The number of carbonyl (C=O) groups excluding carboxylic acids is 3. The maximum absolute atomic E-state index is 13.1. The molecule has 0 aromatic carbocycles. The number of carboxylic acids is 1. The second kappa shape index (κ2) is 50.5. The minimum Gasteiger partial charge on any atom is -0.479 e. The molecule has 6 unspecified atom stereocenters. The van der Waals surface area contributed by atoms with E-state index in [9.17, 15) is 34.5 Å². The first-order chi connectivity index (χ1) is 36.6. The summed E-state index contributed by atoms with van der Waals surface area (Å²) in [6.07, 6.45) is 54.0. The maximum atomic E-state index is 13.1. The predicted octanol–water partition coefficient (Wildman–Crippen LogP) is 14.9. The van der Waals surface area contributed by atoms with E-state index in [4.69, 9.17) is 23.7 Å². The lowest BCUT2D eigenvalue weighted by Gasteiger charge is -2.40. The highest BCUT2D eigenvalue weighted by molar-refractivity contribution is 5.74. The molecule has 0 saturated carbocycles. The number of ether oxygens (including phenoxy) is 5. The molecule has 1 saturated heterocycles. The third kappa shape index (κ3) is 40.6. The van der Waals surface area contributed by atoms with Gasteiger partial charge < -0.3 is 39.0 Å². The number of aliphatic hydroxyl groups is 2. The van der Waals surface area contributed by atoms with Crippen LogP contribution in [0, 0.1) is 0 Å². The third-order valence-corrected chi connectivity index (χ3v) is 12.7. The summed E-state index contributed by atoms with van der Waals surface area (Å²) in [5.41, 5.74) is 0. The van der Waals surface area contributed by atoms with Gasteiger partial charge in [0.25, 0.3) is 0 Å². The quantitative estimate of drug-likeness (QED) is 0.0228. The van der Waals surface area contributed by atoms with Gasteiger partial charge in [-0.2, -0.15) is 0 Å². The molecule has 3 N–H and O–H groups in total. The molecule has 0 bridgehead atoms. The summed E-state index contributed by atoms with van der Waals surface area (Å²) >= 11 is 0. The number of hydrogen-bond acceptors (Lipinski definition) is 11. The third-order valence-electron chi connectivity index (χ3n) is 12.7. The van der Waals surface area contributed by atoms with Crippen molar-refractivity contribution in [3.8, 4) is 0 Å². The van der Waals surface area contributed by atoms with Gasteiger partial charge in [0.1, 0.15) is 18.8 Å². The monoisotopic (exact) mass is 1050 g/mol. The molecule has 1 aliphatic rings. The second-order valence-electron chi connectivity index (χ2n) is 19.5. The van der Waals surface area contributed by atoms with E-state index in [1.165, 1.54) is 57.8 Å². The zero-order valence-corrected chi connectivity index (χ0v) is 46.8. The minimum absolute atomic E-state index is 0.0175. The molecule has 426 valence electrons. The molecular weight excluding hydrogens is 949 g/mol. The van der Waals surface area contributed by atoms with Crippen LogP contribution in [0.2, 0.25) is 0 Å². The Balaban J connectivity index is 2.74. The molecule has 0 aromatic heterocycles. The molecule has 12 nitrogen and oxygen atoms in total. The zero-order valence-electron chi connectivity index (χ0n) is 46.8. The normalized spacial score (nSPS) is 18.9. The van der Waals surface area contributed by atoms with Gasteiger partial charge in [-0.15, -0.1) is 0 Å². The van der Waals surface area contributed by atoms with Crippen molar-refractivity contribution in [2.75, 3.05) is 13.2 Å². The number of aliphatic carboxylic acids is 1. The molecule has 75 heavy (non-hydrogen) atoms. The summed E-state index contributed by atoms with van der Waals surface area (Å²) in [6, 6.07) is 0. The molecule has 0 aliphatic carbocycles. The van der Waals surface area contributed by atoms with Crippen LogP contribution in [0.5, 0.6) is 0 Å². The number of esters is 3. The van der Waals surface area contributed by atoms with Crippen molar-refractivity contribution < 1.29 is 58.2 Å². The molecule has 1 rings (SSSR count). The van der Waals surface area contributed by atoms with E-state index in [1.54, 1.807) is 6.08 Å². The van der Waals surface area contributed by atoms with Crippen molar-refractivity contribution in [1.29, 1.82) is 0 Å². The SMILES string of the molecule is CC/C=C\C/C=C\C/C=C\C/C=C\C/C=C\CC(=O)OCC(COC1OC(C(=O)O)C(O)C(O)C1OC(=O)CCCCCCCCC/C=C\C/C=C\C/C=C\CC)OC(=O)CCCCCCCCCCCCCCC. The van der Waals surface area contributed by atoms with Crippen LogP contribution in [-0.4, -0.2) is 89.2 Å². The Hall–Kier alpha value is -4.36. The molecule has 6 atom stereocenters. The van der Waals surface area contributed by atoms with E-state index < -0.39 is 67.3 Å². The van der Waals surface area contributed by atoms with Crippen molar-refractivity contribution in [3.63, 3.8) is 0 Å². The number of rotatable bonds is 48. The molecular formula is C63H102O12. The van der Waals surface area contributed by atoms with Crippen LogP contribution in [0.4, 0.5) is 0 Å². The van der Waals surface area contributed by atoms with Crippen molar-refractivity contribution in [2.45, 2.75) is 263 Å². The molecule has 0 aromatic rings. The van der Waals surface area contributed by atoms with Crippen LogP contribution >= 0.6 is 0 Å². The fraction of sp³-hybridized carbons (Fsp3) is 0.683. The van der Waals surface area contributed by atoms with Crippen molar-refractivity contribution >= 4 is 23.9 Å². The van der Waals surface area contributed by atoms with E-state index in [0.29, 0.717) is 19.3 Å². The number of aliphatic hydroxyl groups excluding tert-OH is 2. The summed E-state index contributed by atoms with van der Waals surface area (Å²) in [5, 5.41) is 31.5. The first kappa shape index (κ1) is 68.7. The van der Waals surface area contributed by atoms with Gasteiger partial charge >= 0.3 is 23.9 Å². The van der Waals surface area contributed by atoms with Gasteiger partial charge in [-0.3, -0.25) is 14.4 Å². The van der Waals surface area contributed by atoms with E-state index >= 15 is 0 Å². The van der Waals surface area contributed by atoms with Crippen molar-refractivity contribution in [2.24, 2.45) is 0 Å². The summed E-state index contributed by atoms with van der Waals surface area (Å²) in [4.78, 5) is 51.0. The molecule has 0 amide bonds. The van der Waals surface area contributed by atoms with Gasteiger partial charge in [0.15, 0.2) is 24.6 Å². The molecule has 1 fully saturated rings. The Morgan fingerprint density at radius 3 is 1.35 bits per heavy atom. The Morgan fingerprint density at radius 2 is 0.880 bits per heavy atom. The van der Waals surface area contributed by atoms with E-state index in [1.807, 2.05) is 12.2 Å². The molecule has 0 radical (unpaired) electrons. The van der Waals surface area contributed by atoms with Crippen molar-refractivity contribution in [1.82, 2.24) is 0 Å². The Morgan fingerprint density at radius 1 is 0.467 bits per heavy atom. The number of carbonyl (C=O) groups is 4. The lowest BCUT2D eigenvalue weighted by Crippen LogP contribution is -2.61. The lowest BCUT2D eigenvalue weighted by molar-refractivity contribution is -0.301. The van der Waals surface area contributed by atoms with E-state index in [0.717, 1.165) is 109 Å².